The number of H-pyrrole nitrogens is 1. The molecule has 1 saturated heterocycles. The molecule has 0 aliphatic carbocycles. The molecule has 0 spiro atoms. The van der Waals surface area contributed by atoms with Crippen LogP contribution in [0.25, 0.3) is 22.4 Å². The molecule has 0 bridgehead atoms. The quantitative estimate of drug-likeness (QED) is 0.523. The summed E-state index contributed by atoms with van der Waals surface area (Å²) in [5.41, 5.74) is 2.68. The van der Waals surface area contributed by atoms with Gasteiger partial charge in [-0.25, -0.2) is 4.98 Å². The lowest BCUT2D eigenvalue weighted by atomic mass is 10.1. The summed E-state index contributed by atoms with van der Waals surface area (Å²) in [7, 11) is 0. The van der Waals surface area contributed by atoms with Crippen molar-refractivity contribution < 1.29 is 14.3 Å². The van der Waals surface area contributed by atoms with Crippen LogP contribution in [0.15, 0.2) is 36.4 Å². The third-order valence-electron chi connectivity index (χ3n) is 4.87. The fourth-order valence-corrected chi connectivity index (χ4v) is 3.67. The van der Waals surface area contributed by atoms with Crippen molar-refractivity contribution in [2.45, 2.75) is 0 Å². The van der Waals surface area contributed by atoms with Crippen LogP contribution >= 0.6 is 23.2 Å². The molecule has 162 valence electrons. The highest BCUT2D eigenvalue weighted by Gasteiger charge is 2.16. The highest BCUT2D eigenvalue weighted by atomic mass is 35.5. The molecule has 2 heterocycles. The molecule has 8 nitrogen and oxygen atoms in total. The van der Waals surface area contributed by atoms with Gasteiger partial charge in [0.15, 0.2) is 0 Å². The van der Waals surface area contributed by atoms with Crippen LogP contribution in [0.5, 0.6) is 0 Å². The van der Waals surface area contributed by atoms with Gasteiger partial charge in [-0.2, -0.15) is 0 Å². The number of fused-ring (bicyclic) bond motifs is 1. The van der Waals surface area contributed by atoms with Crippen molar-refractivity contribution in [2.75, 3.05) is 44.7 Å². The number of hydrogen-bond donors (Lipinski definition) is 3. The van der Waals surface area contributed by atoms with Gasteiger partial charge in [0.25, 0.3) is 0 Å². The summed E-state index contributed by atoms with van der Waals surface area (Å²) in [5, 5.41) is 6.57. The first-order valence-electron chi connectivity index (χ1n) is 9.80. The molecule has 0 atom stereocenters. The lowest BCUT2D eigenvalue weighted by Gasteiger charge is -2.25. The van der Waals surface area contributed by atoms with E-state index in [0.29, 0.717) is 53.4 Å². The Kier molecular flexibility index (Phi) is 6.72. The van der Waals surface area contributed by atoms with Crippen LogP contribution in [0.4, 0.5) is 5.69 Å². The number of carbonyl (C=O) groups excluding carboxylic acids is 2. The first-order chi connectivity index (χ1) is 15.0. The fraction of sp³-hybridized carbons (Fsp3) is 0.286. The van der Waals surface area contributed by atoms with Gasteiger partial charge in [0.05, 0.1) is 43.0 Å². The SMILES string of the molecule is O=C(CN1CCOCC1)NCC(=O)Nc1ccc(Cl)cc1-c1nc2ccc(Cl)cc2[nH]1. The first-order valence-corrected chi connectivity index (χ1v) is 10.6. The zero-order valence-electron chi connectivity index (χ0n) is 16.6. The summed E-state index contributed by atoms with van der Waals surface area (Å²) in [6.07, 6.45) is 0. The van der Waals surface area contributed by atoms with E-state index >= 15 is 0 Å². The van der Waals surface area contributed by atoms with Crippen LogP contribution in [0, 0.1) is 0 Å². The lowest BCUT2D eigenvalue weighted by molar-refractivity contribution is -0.125. The molecule has 10 heteroatoms. The fourth-order valence-electron chi connectivity index (χ4n) is 3.32. The second kappa shape index (κ2) is 9.65. The van der Waals surface area contributed by atoms with Gasteiger partial charge >= 0.3 is 0 Å². The molecule has 2 amide bonds. The topological polar surface area (TPSA) is 99.3 Å². The normalized spacial score (nSPS) is 14.5. The van der Waals surface area contributed by atoms with E-state index in [1.54, 1.807) is 30.3 Å². The Labute approximate surface area is 188 Å². The maximum atomic E-state index is 12.5. The van der Waals surface area contributed by atoms with E-state index < -0.39 is 0 Å². The Hall–Kier alpha value is -2.65. The van der Waals surface area contributed by atoms with E-state index in [1.807, 2.05) is 11.0 Å². The monoisotopic (exact) mass is 461 g/mol. The standard InChI is InChI=1S/C21H21Cl2N5O3/c22-13-1-3-16(15(9-13)21-26-17-4-2-14(23)10-18(17)27-21)25-19(29)11-24-20(30)12-28-5-7-31-8-6-28/h1-4,9-10H,5-8,11-12H2,(H,24,30)(H,25,29)(H,26,27). The number of rotatable bonds is 6. The van der Waals surface area contributed by atoms with Gasteiger partial charge in [0, 0.05) is 28.7 Å². The smallest absolute Gasteiger partial charge is 0.243 e. The van der Waals surface area contributed by atoms with Crippen molar-refractivity contribution in [3.63, 3.8) is 0 Å². The number of morpholine rings is 1. The molecule has 0 unspecified atom stereocenters. The number of imidazole rings is 1. The zero-order chi connectivity index (χ0) is 21.8. The highest BCUT2D eigenvalue weighted by Crippen LogP contribution is 2.31. The summed E-state index contributed by atoms with van der Waals surface area (Å²) in [6.45, 7) is 2.74. The molecular weight excluding hydrogens is 441 g/mol. The van der Waals surface area contributed by atoms with E-state index in [9.17, 15) is 9.59 Å². The van der Waals surface area contributed by atoms with Gasteiger partial charge in [-0.15, -0.1) is 0 Å². The molecular formula is C21H21Cl2N5O3. The molecule has 1 aliphatic rings. The van der Waals surface area contributed by atoms with Crippen LogP contribution in [0.2, 0.25) is 10.0 Å². The Morgan fingerprint density at radius 3 is 2.61 bits per heavy atom. The van der Waals surface area contributed by atoms with E-state index in [4.69, 9.17) is 27.9 Å². The van der Waals surface area contributed by atoms with Gasteiger partial charge < -0.3 is 20.4 Å². The number of aromatic nitrogens is 2. The molecule has 31 heavy (non-hydrogen) atoms. The number of nitrogens with zero attached hydrogens (tertiary/aromatic N) is 2. The van der Waals surface area contributed by atoms with Crippen molar-refractivity contribution in [2.24, 2.45) is 0 Å². The predicted molar refractivity (Wildman–Crippen MR) is 120 cm³/mol. The molecule has 3 N–H and O–H groups in total. The van der Waals surface area contributed by atoms with Crippen molar-refractivity contribution in [3.8, 4) is 11.4 Å². The zero-order valence-corrected chi connectivity index (χ0v) is 18.1. The van der Waals surface area contributed by atoms with Gasteiger partial charge in [-0.05, 0) is 36.4 Å². The van der Waals surface area contributed by atoms with Crippen LogP contribution in [0.1, 0.15) is 0 Å². The van der Waals surface area contributed by atoms with E-state index in [1.165, 1.54) is 0 Å². The minimum Gasteiger partial charge on any atom is -0.379 e. The maximum Gasteiger partial charge on any atom is 0.243 e. The largest absolute Gasteiger partial charge is 0.379 e. The van der Waals surface area contributed by atoms with Crippen molar-refractivity contribution in [3.05, 3.63) is 46.4 Å². The first kappa shape index (κ1) is 21.6. The molecule has 1 aromatic heterocycles. The molecule has 4 rings (SSSR count). The van der Waals surface area contributed by atoms with Crippen LogP contribution in [-0.4, -0.2) is 66.1 Å². The molecule has 2 aromatic carbocycles. The molecule has 1 aliphatic heterocycles. The number of hydrogen-bond acceptors (Lipinski definition) is 5. The van der Waals surface area contributed by atoms with Gasteiger partial charge in [-0.1, -0.05) is 23.2 Å². The average Bonchev–Trinajstić information content (AvgIpc) is 3.17. The van der Waals surface area contributed by atoms with Crippen LogP contribution < -0.4 is 10.6 Å². The number of amides is 2. The minimum absolute atomic E-state index is 0.138. The lowest BCUT2D eigenvalue weighted by Crippen LogP contribution is -2.44. The average molecular weight is 462 g/mol. The van der Waals surface area contributed by atoms with Crippen molar-refractivity contribution >= 4 is 51.7 Å². The van der Waals surface area contributed by atoms with Gasteiger partial charge in [0.1, 0.15) is 5.82 Å². The molecule has 0 saturated carbocycles. The third kappa shape index (κ3) is 5.54. The van der Waals surface area contributed by atoms with E-state index in [-0.39, 0.29) is 24.9 Å². The Morgan fingerprint density at radius 2 is 1.81 bits per heavy atom. The second-order valence-corrected chi connectivity index (χ2v) is 8.02. The van der Waals surface area contributed by atoms with Crippen molar-refractivity contribution in [1.29, 1.82) is 0 Å². The second-order valence-electron chi connectivity index (χ2n) is 7.15. The maximum absolute atomic E-state index is 12.5. The van der Waals surface area contributed by atoms with Gasteiger partial charge in [-0.3, -0.25) is 14.5 Å². The van der Waals surface area contributed by atoms with Crippen molar-refractivity contribution in [1.82, 2.24) is 20.2 Å². The number of aromatic amines is 1. The Bertz CT molecular complexity index is 1110. The number of ether oxygens (including phenoxy) is 1. The predicted octanol–water partition coefficient (Wildman–Crippen LogP) is 2.92. The molecule has 1 fully saturated rings. The molecule has 3 aromatic rings. The van der Waals surface area contributed by atoms with E-state index in [2.05, 4.69) is 20.6 Å². The molecule has 0 radical (unpaired) electrons. The Balaban J connectivity index is 1.43. The number of nitrogens with one attached hydrogen (secondary N) is 3. The number of halogens is 2. The summed E-state index contributed by atoms with van der Waals surface area (Å²) in [5.74, 6) is -0.00739. The number of anilines is 1. The summed E-state index contributed by atoms with van der Waals surface area (Å²) in [6, 6.07) is 10.4. The summed E-state index contributed by atoms with van der Waals surface area (Å²) >= 11 is 12.2. The minimum atomic E-state index is -0.349. The van der Waals surface area contributed by atoms with Crippen LogP contribution in [-0.2, 0) is 14.3 Å². The number of carbonyl (C=O) groups is 2. The van der Waals surface area contributed by atoms with Crippen LogP contribution in [0.3, 0.4) is 0 Å². The summed E-state index contributed by atoms with van der Waals surface area (Å²) < 4.78 is 5.27. The van der Waals surface area contributed by atoms with Gasteiger partial charge in [0.2, 0.25) is 11.8 Å². The Morgan fingerprint density at radius 1 is 1.06 bits per heavy atom. The third-order valence-corrected chi connectivity index (χ3v) is 5.34. The highest BCUT2D eigenvalue weighted by molar-refractivity contribution is 6.31. The summed E-state index contributed by atoms with van der Waals surface area (Å²) in [4.78, 5) is 34.3. The number of benzene rings is 2. The van der Waals surface area contributed by atoms with E-state index in [0.717, 1.165) is 11.0 Å².